The molecule has 6 rings (SSSR count). The molecule has 234 valence electrons. The second-order valence-corrected chi connectivity index (χ2v) is 12.2. The highest BCUT2D eigenvalue weighted by molar-refractivity contribution is 6.34. The van der Waals surface area contributed by atoms with E-state index in [-0.39, 0.29) is 36.4 Å². The van der Waals surface area contributed by atoms with Crippen molar-refractivity contribution in [3.05, 3.63) is 94.2 Å². The van der Waals surface area contributed by atoms with Crippen molar-refractivity contribution in [3.63, 3.8) is 0 Å². The van der Waals surface area contributed by atoms with Crippen LogP contribution in [0.5, 0.6) is 0 Å². The maximum absolute atomic E-state index is 14.1. The lowest BCUT2D eigenvalue weighted by Gasteiger charge is -2.39. The minimum Gasteiger partial charge on any atom is -0.364 e. The topological polar surface area (TPSA) is 85.9 Å². The first-order valence-electron chi connectivity index (χ1n) is 14.6. The van der Waals surface area contributed by atoms with Crippen molar-refractivity contribution in [1.29, 1.82) is 0 Å². The molecule has 1 aliphatic carbocycles. The Hall–Kier alpha value is -4.38. The summed E-state index contributed by atoms with van der Waals surface area (Å²) in [5, 5.41) is 3.38. The number of alkyl halides is 3. The van der Waals surface area contributed by atoms with E-state index in [0.29, 0.717) is 35.8 Å². The largest absolute Gasteiger partial charge is 0.416 e. The summed E-state index contributed by atoms with van der Waals surface area (Å²) in [4.78, 5) is 48.3. The highest BCUT2D eigenvalue weighted by Crippen LogP contribution is 2.43. The number of fused-ring (bicyclic) bond motifs is 3. The summed E-state index contributed by atoms with van der Waals surface area (Å²) >= 11 is 6.77. The normalized spacial score (nSPS) is 21.2. The first-order chi connectivity index (χ1) is 21.3. The van der Waals surface area contributed by atoms with E-state index in [1.54, 1.807) is 25.2 Å². The third-order valence-electron chi connectivity index (χ3n) is 8.73. The van der Waals surface area contributed by atoms with Gasteiger partial charge in [0.2, 0.25) is 17.7 Å². The summed E-state index contributed by atoms with van der Waals surface area (Å²) < 4.78 is 41.1. The Labute approximate surface area is 263 Å². The Kier molecular flexibility index (Phi) is 7.84. The summed E-state index contributed by atoms with van der Waals surface area (Å²) in [6.07, 6.45) is -2.05. The van der Waals surface area contributed by atoms with Crippen molar-refractivity contribution < 1.29 is 27.6 Å². The van der Waals surface area contributed by atoms with Crippen LogP contribution in [-0.2, 0) is 39.9 Å². The van der Waals surface area contributed by atoms with Gasteiger partial charge in [0.1, 0.15) is 11.9 Å². The molecule has 3 amide bonds. The fourth-order valence-electron chi connectivity index (χ4n) is 6.76. The van der Waals surface area contributed by atoms with Gasteiger partial charge in [0, 0.05) is 44.2 Å². The molecule has 45 heavy (non-hydrogen) atoms. The number of anilines is 3. The van der Waals surface area contributed by atoms with E-state index in [4.69, 9.17) is 11.6 Å². The van der Waals surface area contributed by atoms with Gasteiger partial charge in [-0.1, -0.05) is 42.4 Å². The van der Waals surface area contributed by atoms with Gasteiger partial charge in [-0.15, -0.1) is 0 Å². The number of nitrogens with one attached hydrogen (secondary N) is 1. The molecule has 12 heteroatoms. The van der Waals surface area contributed by atoms with Crippen LogP contribution >= 0.6 is 11.6 Å². The van der Waals surface area contributed by atoms with Gasteiger partial charge >= 0.3 is 6.18 Å². The van der Waals surface area contributed by atoms with Crippen molar-refractivity contribution >= 4 is 46.5 Å². The molecule has 8 nitrogen and oxygen atoms in total. The zero-order chi connectivity index (χ0) is 32.2. The van der Waals surface area contributed by atoms with Gasteiger partial charge in [-0.05, 0) is 66.8 Å². The number of hydrogen-bond acceptors (Lipinski definition) is 5. The third kappa shape index (κ3) is 5.77. The number of aryl methyl sites for hydroxylation is 1. The predicted molar refractivity (Wildman–Crippen MR) is 165 cm³/mol. The number of rotatable bonds is 5. The molecule has 1 fully saturated rings. The number of carbonyl (C=O) groups is 3. The van der Waals surface area contributed by atoms with Gasteiger partial charge < -0.3 is 15.1 Å². The number of likely N-dealkylation sites (N-methyl/N-ethyl adjacent to an activating group) is 1. The molecule has 0 saturated carbocycles. The summed E-state index contributed by atoms with van der Waals surface area (Å²) in [5.74, 6) is -1.88. The molecule has 1 N–H and O–H groups in total. The molecule has 3 atom stereocenters. The summed E-state index contributed by atoms with van der Waals surface area (Å²) in [6.45, 7) is 5.59. The summed E-state index contributed by atoms with van der Waals surface area (Å²) in [7, 11) is 1.58. The van der Waals surface area contributed by atoms with Crippen molar-refractivity contribution in [3.8, 4) is 0 Å². The SMILES string of the molecule is C=CC(=O)NC1Cc2ccc(CN3C[C@H]4CC(=O)N(c5cc(C(F)(F)F)cc(C)n5)[C@@H]4C(=O)N(C)c4cccc(Cl)c43)cc2C1. The van der Waals surface area contributed by atoms with Crippen LogP contribution in [0.15, 0.2) is 61.2 Å². The second kappa shape index (κ2) is 11.5. The van der Waals surface area contributed by atoms with Crippen molar-refractivity contribution in [2.24, 2.45) is 5.92 Å². The minimum atomic E-state index is -4.65. The average Bonchev–Trinajstić information content (AvgIpc) is 3.53. The fourth-order valence-corrected chi connectivity index (χ4v) is 7.05. The number of amides is 3. The Bertz CT molecular complexity index is 1730. The molecule has 3 aliphatic rings. The molecule has 2 aromatic carbocycles. The first-order valence-corrected chi connectivity index (χ1v) is 14.9. The minimum absolute atomic E-state index is 0.0263. The predicted octanol–water partition coefficient (Wildman–Crippen LogP) is 5.24. The van der Waals surface area contributed by atoms with E-state index in [0.717, 1.165) is 33.7 Å². The van der Waals surface area contributed by atoms with Crippen LogP contribution in [0.2, 0.25) is 5.02 Å². The number of carbonyl (C=O) groups excluding carboxylic acids is 3. The smallest absolute Gasteiger partial charge is 0.364 e. The molecule has 0 radical (unpaired) electrons. The van der Waals surface area contributed by atoms with Crippen molar-refractivity contribution in [2.75, 3.05) is 28.3 Å². The van der Waals surface area contributed by atoms with E-state index in [1.807, 2.05) is 17.0 Å². The number of nitrogens with zero attached hydrogens (tertiary/aromatic N) is 4. The maximum Gasteiger partial charge on any atom is 0.416 e. The van der Waals surface area contributed by atoms with E-state index in [1.165, 1.54) is 17.9 Å². The number of para-hydroxylation sites is 1. The molecule has 1 aromatic heterocycles. The van der Waals surface area contributed by atoms with Crippen LogP contribution in [0.1, 0.15) is 34.4 Å². The first kappa shape index (κ1) is 30.6. The summed E-state index contributed by atoms with van der Waals surface area (Å²) in [6, 6.07) is 12.0. The third-order valence-corrected chi connectivity index (χ3v) is 9.04. The van der Waals surface area contributed by atoms with Crippen LogP contribution in [0.25, 0.3) is 0 Å². The van der Waals surface area contributed by atoms with Crippen LogP contribution in [-0.4, -0.2) is 48.4 Å². The van der Waals surface area contributed by atoms with Gasteiger partial charge in [0.25, 0.3) is 0 Å². The molecule has 1 saturated heterocycles. The van der Waals surface area contributed by atoms with Crippen LogP contribution in [0, 0.1) is 12.8 Å². The van der Waals surface area contributed by atoms with Crippen LogP contribution < -0.4 is 20.0 Å². The highest BCUT2D eigenvalue weighted by Gasteiger charge is 2.49. The zero-order valence-electron chi connectivity index (χ0n) is 24.7. The maximum atomic E-state index is 14.1. The van der Waals surface area contributed by atoms with E-state index in [9.17, 15) is 27.6 Å². The van der Waals surface area contributed by atoms with Gasteiger partial charge in [0.05, 0.1) is 22.0 Å². The highest BCUT2D eigenvalue weighted by atomic mass is 35.5. The Morgan fingerprint density at radius 2 is 1.87 bits per heavy atom. The van der Waals surface area contributed by atoms with E-state index in [2.05, 4.69) is 22.9 Å². The Balaban J connectivity index is 1.37. The van der Waals surface area contributed by atoms with Gasteiger partial charge in [-0.3, -0.25) is 19.3 Å². The number of pyridine rings is 1. The molecule has 1 unspecified atom stereocenters. The van der Waals surface area contributed by atoms with Crippen molar-refractivity contribution in [2.45, 2.75) is 51.0 Å². The molecule has 3 aromatic rings. The lowest BCUT2D eigenvalue weighted by Crippen LogP contribution is -2.52. The molecule has 2 aliphatic heterocycles. The molecule has 3 heterocycles. The molecular formula is C33H31ClF3N5O3. The Morgan fingerprint density at radius 1 is 1.11 bits per heavy atom. The number of aromatic nitrogens is 1. The van der Waals surface area contributed by atoms with E-state index < -0.39 is 35.5 Å². The molecule has 0 bridgehead atoms. The van der Waals surface area contributed by atoms with Gasteiger partial charge in [-0.25, -0.2) is 4.98 Å². The standard InChI is InChI=1S/C33H31ClF3N5O3/c1-4-28(43)39-24-12-20-9-8-19(11-21(20)13-24)16-41-17-22-14-29(44)42(27-15-23(33(35,36)37)10-18(2)38-27)30(22)32(45)40(3)26-7-5-6-25(34)31(26)41/h4-11,15,22,24,30H,1,12-14,16-17H2,2-3H3,(H,39,43)/t22-,24?,30+/m1/s1. The lowest BCUT2D eigenvalue weighted by atomic mass is 9.95. The van der Waals surface area contributed by atoms with Gasteiger partial charge in [-0.2, -0.15) is 13.2 Å². The number of halogens is 4. The monoisotopic (exact) mass is 637 g/mol. The number of hydrogen-bond donors (Lipinski definition) is 1. The second-order valence-electron chi connectivity index (χ2n) is 11.8. The van der Waals surface area contributed by atoms with Crippen LogP contribution in [0.4, 0.5) is 30.4 Å². The van der Waals surface area contributed by atoms with E-state index >= 15 is 0 Å². The fraction of sp³-hybridized carbons (Fsp3) is 0.333. The Morgan fingerprint density at radius 3 is 2.60 bits per heavy atom. The van der Waals surface area contributed by atoms with Crippen molar-refractivity contribution in [1.82, 2.24) is 10.3 Å². The quantitative estimate of drug-likeness (QED) is 0.387. The zero-order valence-corrected chi connectivity index (χ0v) is 25.5. The average molecular weight is 638 g/mol. The number of benzene rings is 2. The summed E-state index contributed by atoms with van der Waals surface area (Å²) in [5.41, 5.74) is 3.53. The lowest BCUT2D eigenvalue weighted by molar-refractivity contribution is -0.137. The molecule has 0 spiro atoms. The molecular weight excluding hydrogens is 607 g/mol. The van der Waals surface area contributed by atoms with Crippen LogP contribution in [0.3, 0.4) is 0 Å². The van der Waals surface area contributed by atoms with Gasteiger partial charge in [0.15, 0.2) is 0 Å².